The summed E-state index contributed by atoms with van der Waals surface area (Å²) in [5, 5.41) is 4.71. The van der Waals surface area contributed by atoms with Gasteiger partial charge in [0.15, 0.2) is 0 Å². The summed E-state index contributed by atoms with van der Waals surface area (Å²) in [4.78, 5) is 12.2. The van der Waals surface area contributed by atoms with Crippen molar-refractivity contribution < 1.29 is 13.9 Å². The van der Waals surface area contributed by atoms with Gasteiger partial charge in [-0.3, -0.25) is 0 Å². The third kappa shape index (κ3) is 2.87. The SMILES string of the molecule is COC(=O)c1csc(CNc2ccccc2F)c1. The predicted molar refractivity (Wildman–Crippen MR) is 69.4 cm³/mol. The van der Waals surface area contributed by atoms with Crippen LogP contribution in [-0.2, 0) is 11.3 Å². The standard InChI is InChI=1S/C13H12FNO2S/c1-17-13(16)9-6-10(18-8-9)7-15-12-5-3-2-4-11(12)14/h2-6,8,15H,7H2,1H3. The van der Waals surface area contributed by atoms with Gasteiger partial charge in [0.05, 0.1) is 18.4 Å². The molecule has 94 valence electrons. The van der Waals surface area contributed by atoms with E-state index in [1.54, 1.807) is 29.6 Å². The summed E-state index contributed by atoms with van der Waals surface area (Å²) in [6, 6.07) is 8.21. The Labute approximate surface area is 108 Å². The Bertz CT molecular complexity index is 553. The molecule has 18 heavy (non-hydrogen) atoms. The molecule has 2 aromatic rings. The van der Waals surface area contributed by atoms with E-state index >= 15 is 0 Å². The minimum Gasteiger partial charge on any atom is -0.465 e. The number of thiophene rings is 1. The average Bonchev–Trinajstić information content (AvgIpc) is 2.86. The molecule has 0 aliphatic carbocycles. The third-order valence-electron chi connectivity index (χ3n) is 2.40. The predicted octanol–water partition coefficient (Wildman–Crippen LogP) is 3.29. The molecule has 0 saturated carbocycles. The highest BCUT2D eigenvalue weighted by Gasteiger charge is 2.08. The zero-order chi connectivity index (χ0) is 13.0. The quantitative estimate of drug-likeness (QED) is 0.862. The van der Waals surface area contributed by atoms with Crippen LogP contribution in [0, 0.1) is 5.82 Å². The van der Waals surface area contributed by atoms with Crippen molar-refractivity contribution in [3.8, 4) is 0 Å². The maximum Gasteiger partial charge on any atom is 0.338 e. The van der Waals surface area contributed by atoms with E-state index in [1.165, 1.54) is 24.5 Å². The average molecular weight is 265 g/mol. The zero-order valence-electron chi connectivity index (χ0n) is 9.77. The molecule has 0 unspecified atom stereocenters. The van der Waals surface area contributed by atoms with Gasteiger partial charge in [-0.05, 0) is 18.2 Å². The second-order valence-corrected chi connectivity index (χ2v) is 4.62. The van der Waals surface area contributed by atoms with Gasteiger partial charge in [-0.2, -0.15) is 0 Å². The first-order valence-corrected chi connectivity index (χ1v) is 6.23. The number of methoxy groups -OCH3 is 1. The molecule has 0 aliphatic rings. The first kappa shape index (κ1) is 12.6. The van der Waals surface area contributed by atoms with Crippen molar-refractivity contribution in [1.29, 1.82) is 0 Å². The van der Waals surface area contributed by atoms with Gasteiger partial charge in [0.2, 0.25) is 0 Å². The molecule has 3 nitrogen and oxygen atoms in total. The van der Waals surface area contributed by atoms with E-state index in [2.05, 4.69) is 10.1 Å². The normalized spacial score (nSPS) is 10.1. The summed E-state index contributed by atoms with van der Waals surface area (Å²) in [7, 11) is 1.34. The van der Waals surface area contributed by atoms with Gasteiger partial charge in [-0.1, -0.05) is 12.1 Å². The molecule has 2 rings (SSSR count). The number of anilines is 1. The lowest BCUT2D eigenvalue weighted by molar-refractivity contribution is 0.0601. The van der Waals surface area contributed by atoms with Gasteiger partial charge in [-0.25, -0.2) is 9.18 Å². The fourth-order valence-corrected chi connectivity index (χ4v) is 2.28. The molecule has 1 heterocycles. The van der Waals surface area contributed by atoms with Crippen LogP contribution >= 0.6 is 11.3 Å². The maximum atomic E-state index is 13.3. The largest absolute Gasteiger partial charge is 0.465 e. The number of ether oxygens (including phenoxy) is 1. The molecule has 5 heteroatoms. The fourth-order valence-electron chi connectivity index (χ4n) is 1.49. The second kappa shape index (κ2) is 5.64. The number of halogens is 1. The summed E-state index contributed by atoms with van der Waals surface area (Å²) in [5.74, 6) is -0.648. The summed E-state index contributed by atoms with van der Waals surface area (Å²) in [6.45, 7) is 0.475. The van der Waals surface area contributed by atoms with E-state index in [0.717, 1.165) is 4.88 Å². The van der Waals surface area contributed by atoms with Crippen molar-refractivity contribution in [2.75, 3.05) is 12.4 Å². The van der Waals surface area contributed by atoms with E-state index < -0.39 is 0 Å². The number of carbonyl (C=O) groups excluding carboxylic acids is 1. The number of para-hydroxylation sites is 1. The molecule has 0 aliphatic heterocycles. The molecule has 0 spiro atoms. The van der Waals surface area contributed by atoms with Crippen LogP contribution in [0.2, 0.25) is 0 Å². The molecule has 0 amide bonds. The lowest BCUT2D eigenvalue weighted by Crippen LogP contribution is -2.01. The Balaban J connectivity index is 2.01. The fraction of sp³-hybridized carbons (Fsp3) is 0.154. The van der Waals surface area contributed by atoms with Gasteiger partial charge in [-0.15, -0.1) is 11.3 Å². The maximum absolute atomic E-state index is 13.3. The van der Waals surface area contributed by atoms with Gasteiger partial charge < -0.3 is 10.1 Å². The number of hydrogen-bond donors (Lipinski definition) is 1. The van der Waals surface area contributed by atoms with Crippen molar-refractivity contribution in [1.82, 2.24) is 0 Å². The molecule has 0 saturated heterocycles. The summed E-state index contributed by atoms with van der Waals surface area (Å²) < 4.78 is 18.0. The van der Waals surface area contributed by atoms with Gasteiger partial charge in [0.25, 0.3) is 0 Å². The monoisotopic (exact) mass is 265 g/mol. The minimum absolute atomic E-state index is 0.290. The van der Waals surface area contributed by atoms with Gasteiger partial charge in [0, 0.05) is 16.8 Å². The highest BCUT2D eigenvalue weighted by Crippen LogP contribution is 2.18. The number of rotatable bonds is 4. The van der Waals surface area contributed by atoms with Crippen molar-refractivity contribution >= 4 is 23.0 Å². The number of esters is 1. The molecular formula is C13H12FNO2S. The summed E-state index contributed by atoms with van der Waals surface area (Å²) in [6.07, 6.45) is 0. The van der Waals surface area contributed by atoms with E-state index in [-0.39, 0.29) is 11.8 Å². The highest BCUT2D eigenvalue weighted by atomic mass is 32.1. The Kier molecular flexibility index (Phi) is 3.94. The molecule has 0 fully saturated rings. The van der Waals surface area contributed by atoms with Gasteiger partial charge >= 0.3 is 5.97 Å². The van der Waals surface area contributed by atoms with Crippen LogP contribution in [0.4, 0.5) is 10.1 Å². The van der Waals surface area contributed by atoms with E-state index in [1.807, 2.05) is 0 Å². The molecule has 0 radical (unpaired) electrons. The van der Waals surface area contributed by atoms with Crippen molar-refractivity contribution in [2.24, 2.45) is 0 Å². The third-order valence-corrected chi connectivity index (χ3v) is 3.34. The molecule has 1 N–H and O–H groups in total. The van der Waals surface area contributed by atoms with Crippen LogP contribution in [0.1, 0.15) is 15.2 Å². The molecule has 0 atom stereocenters. The number of nitrogens with one attached hydrogen (secondary N) is 1. The number of hydrogen-bond acceptors (Lipinski definition) is 4. The first-order chi connectivity index (χ1) is 8.70. The van der Waals surface area contributed by atoms with E-state index in [4.69, 9.17) is 0 Å². The Morgan fingerprint density at radius 3 is 2.94 bits per heavy atom. The second-order valence-electron chi connectivity index (χ2n) is 3.63. The molecule has 1 aromatic heterocycles. The zero-order valence-corrected chi connectivity index (χ0v) is 10.6. The minimum atomic E-state index is -0.358. The topological polar surface area (TPSA) is 38.3 Å². The highest BCUT2D eigenvalue weighted by molar-refractivity contribution is 7.10. The van der Waals surface area contributed by atoms with Crippen molar-refractivity contribution in [2.45, 2.75) is 6.54 Å². The van der Waals surface area contributed by atoms with Crippen LogP contribution in [0.5, 0.6) is 0 Å². The van der Waals surface area contributed by atoms with Crippen LogP contribution in [0.25, 0.3) is 0 Å². The molecule has 0 bridgehead atoms. The first-order valence-electron chi connectivity index (χ1n) is 5.35. The molecular weight excluding hydrogens is 253 g/mol. The van der Waals surface area contributed by atoms with Gasteiger partial charge in [0.1, 0.15) is 5.82 Å². The van der Waals surface area contributed by atoms with E-state index in [0.29, 0.717) is 17.8 Å². The smallest absolute Gasteiger partial charge is 0.338 e. The Morgan fingerprint density at radius 2 is 2.22 bits per heavy atom. The number of benzene rings is 1. The summed E-state index contributed by atoms with van der Waals surface area (Å²) >= 11 is 1.43. The van der Waals surface area contributed by atoms with Crippen LogP contribution < -0.4 is 5.32 Å². The number of carbonyl (C=O) groups is 1. The van der Waals surface area contributed by atoms with Crippen molar-refractivity contribution in [3.05, 3.63) is 52.0 Å². The Hall–Kier alpha value is -1.88. The summed E-state index contributed by atoms with van der Waals surface area (Å²) in [5.41, 5.74) is 0.971. The lowest BCUT2D eigenvalue weighted by atomic mass is 10.3. The lowest BCUT2D eigenvalue weighted by Gasteiger charge is -2.05. The Morgan fingerprint density at radius 1 is 1.44 bits per heavy atom. The van der Waals surface area contributed by atoms with E-state index in [9.17, 15) is 9.18 Å². The van der Waals surface area contributed by atoms with Crippen LogP contribution in [0.3, 0.4) is 0 Å². The van der Waals surface area contributed by atoms with Crippen LogP contribution in [-0.4, -0.2) is 13.1 Å². The molecule has 1 aromatic carbocycles. The van der Waals surface area contributed by atoms with Crippen LogP contribution in [0.15, 0.2) is 35.7 Å². The van der Waals surface area contributed by atoms with Crippen molar-refractivity contribution in [3.63, 3.8) is 0 Å².